The molecule has 0 saturated carbocycles. The van der Waals surface area contributed by atoms with Crippen molar-refractivity contribution < 1.29 is 14.6 Å². The van der Waals surface area contributed by atoms with Crippen molar-refractivity contribution in [3.8, 4) is 17.0 Å². The number of nitrogens with zero attached hydrogens (tertiary/aromatic N) is 1. The molecule has 0 saturated heterocycles. The molecule has 1 aliphatic carbocycles. The summed E-state index contributed by atoms with van der Waals surface area (Å²) in [6.07, 6.45) is 1.88. The van der Waals surface area contributed by atoms with E-state index in [1.807, 2.05) is 18.2 Å². The molecule has 0 unspecified atom stereocenters. The molecule has 98 valence electrons. The normalized spacial score (nSPS) is 12.7. The third kappa shape index (κ3) is 2.21. The van der Waals surface area contributed by atoms with Crippen molar-refractivity contribution in [2.45, 2.75) is 19.3 Å². The summed E-state index contributed by atoms with van der Waals surface area (Å²) in [6, 6.07) is 5.97. The molecule has 0 amide bonds. The predicted molar refractivity (Wildman–Crippen MR) is 72.8 cm³/mol. The fraction of sp³-hybridized carbons (Fsp3) is 0.286. The van der Waals surface area contributed by atoms with Crippen LogP contribution < -0.4 is 4.74 Å². The monoisotopic (exact) mass is 275 g/mol. The van der Waals surface area contributed by atoms with E-state index >= 15 is 0 Å². The van der Waals surface area contributed by atoms with Gasteiger partial charge in [0.25, 0.3) is 0 Å². The second-order valence-electron chi connectivity index (χ2n) is 4.47. The Balaban J connectivity index is 2.03. The van der Waals surface area contributed by atoms with Gasteiger partial charge < -0.3 is 9.84 Å². The molecule has 1 aromatic heterocycles. The standard InChI is InChI=1S/C14H13NO3S/c1-18-9-3-4-10-8(6-9)2-5-11-14(10)15-12(19-11)7-13(16)17/h3-4,6H,2,5,7H2,1H3,(H,16,17). The minimum Gasteiger partial charge on any atom is -0.497 e. The minimum atomic E-state index is -0.832. The van der Waals surface area contributed by atoms with Crippen LogP contribution in [-0.2, 0) is 24.1 Å². The maximum Gasteiger partial charge on any atom is 0.310 e. The number of fused-ring (bicyclic) bond motifs is 3. The molecule has 19 heavy (non-hydrogen) atoms. The largest absolute Gasteiger partial charge is 0.497 e. The van der Waals surface area contributed by atoms with Gasteiger partial charge in [-0.05, 0) is 36.6 Å². The van der Waals surface area contributed by atoms with E-state index in [-0.39, 0.29) is 6.42 Å². The van der Waals surface area contributed by atoms with E-state index in [4.69, 9.17) is 9.84 Å². The van der Waals surface area contributed by atoms with Crippen LogP contribution in [0.4, 0.5) is 0 Å². The lowest BCUT2D eigenvalue weighted by Crippen LogP contribution is -2.02. The number of hydrogen-bond donors (Lipinski definition) is 1. The van der Waals surface area contributed by atoms with Crippen LogP contribution in [0.25, 0.3) is 11.3 Å². The summed E-state index contributed by atoms with van der Waals surface area (Å²) in [5.74, 6) is 0.0178. The van der Waals surface area contributed by atoms with Gasteiger partial charge in [0.15, 0.2) is 0 Å². The van der Waals surface area contributed by atoms with E-state index in [2.05, 4.69) is 4.98 Å². The molecule has 5 heteroatoms. The second-order valence-corrected chi connectivity index (χ2v) is 5.64. The van der Waals surface area contributed by atoms with E-state index in [1.54, 1.807) is 7.11 Å². The SMILES string of the molecule is COc1ccc2c(c1)CCc1sc(CC(=O)O)nc1-2. The van der Waals surface area contributed by atoms with Gasteiger partial charge in [0.1, 0.15) is 10.8 Å². The molecule has 0 fully saturated rings. The Hall–Kier alpha value is -1.88. The first kappa shape index (κ1) is 12.2. The maximum absolute atomic E-state index is 10.8. The molecular formula is C14H13NO3S. The highest BCUT2D eigenvalue weighted by Gasteiger charge is 2.21. The third-order valence-electron chi connectivity index (χ3n) is 3.23. The molecular weight excluding hydrogens is 262 g/mol. The molecule has 1 aliphatic rings. The average Bonchev–Trinajstić information content (AvgIpc) is 2.79. The van der Waals surface area contributed by atoms with Crippen molar-refractivity contribution in [3.63, 3.8) is 0 Å². The topological polar surface area (TPSA) is 59.4 Å². The number of benzene rings is 1. The van der Waals surface area contributed by atoms with Crippen LogP contribution in [-0.4, -0.2) is 23.2 Å². The summed E-state index contributed by atoms with van der Waals surface area (Å²) in [7, 11) is 1.66. The fourth-order valence-electron chi connectivity index (χ4n) is 2.37. The van der Waals surface area contributed by atoms with Gasteiger partial charge in [-0.3, -0.25) is 4.79 Å². The zero-order valence-corrected chi connectivity index (χ0v) is 11.3. The Kier molecular flexibility index (Phi) is 2.98. The number of aliphatic carboxylic acids is 1. The van der Waals surface area contributed by atoms with E-state index < -0.39 is 5.97 Å². The molecule has 1 heterocycles. The molecule has 4 nitrogen and oxygen atoms in total. The number of aromatic nitrogens is 1. The lowest BCUT2D eigenvalue weighted by Gasteiger charge is -2.15. The van der Waals surface area contributed by atoms with E-state index in [0.717, 1.165) is 29.8 Å². The van der Waals surface area contributed by atoms with Crippen molar-refractivity contribution in [2.24, 2.45) is 0 Å². The van der Waals surface area contributed by atoms with Crippen LogP contribution in [0.3, 0.4) is 0 Å². The van der Waals surface area contributed by atoms with Gasteiger partial charge in [0.2, 0.25) is 0 Å². The molecule has 0 spiro atoms. The number of thiazole rings is 1. The summed E-state index contributed by atoms with van der Waals surface area (Å²) >= 11 is 1.51. The number of aryl methyl sites for hydroxylation is 2. The quantitative estimate of drug-likeness (QED) is 0.935. The van der Waals surface area contributed by atoms with Crippen LogP contribution in [0.2, 0.25) is 0 Å². The molecule has 1 N–H and O–H groups in total. The minimum absolute atomic E-state index is 0.00313. The van der Waals surface area contributed by atoms with Gasteiger partial charge in [-0.15, -0.1) is 11.3 Å². The number of carboxylic acids is 1. The van der Waals surface area contributed by atoms with E-state index in [1.165, 1.54) is 21.8 Å². The number of hydrogen-bond acceptors (Lipinski definition) is 4. The molecule has 0 atom stereocenters. The van der Waals surface area contributed by atoms with Crippen molar-refractivity contribution >= 4 is 17.3 Å². The van der Waals surface area contributed by atoms with Crippen molar-refractivity contribution in [2.75, 3.05) is 7.11 Å². The zero-order valence-electron chi connectivity index (χ0n) is 10.5. The smallest absolute Gasteiger partial charge is 0.310 e. The summed E-state index contributed by atoms with van der Waals surface area (Å²) < 4.78 is 5.23. The Morgan fingerprint density at radius 2 is 2.32 bits per heavy atom. The molecule has 1 aromatic carbocycles. The molecule has 2 aromatic rings. The predicted octanol–water partition coefficient (Wildman–Crippen LogP) is 2.54. The van der Waals surface area contributed by atoms with Gasteiger partial charge in [0, 0.05) is 10.4 Å². The lowest BCUT2D eigenvalue weighted by atomic mass is 9.93. The van der Waals surface area contributed by atoms with Crippen molar-refractivity contribution in [3.05, 3.63) is 33.6 Å². The van der Waals surface area contributed by atoms with Crippen LogP contribution in [0.15, 0.2) is 18.2 Å². The highest BCUT2D eigenvalue weighted by molar-refractivity contribution is 7.12. The molecule has 0 radical (unpaired) electrons. The van der Waals surface area contributed by atoms with Gasteiger partial charge in [-0.25, -0.2) is 4.98 Å². The summed E-state index contributed by atoms with van der Waals surface area (Å²) in [6.45, 7) is 0. The second kappa shape index (κ2) is 4.66. The van der Waals surface area contributed by atoms with Crippen molar-refractivity contribution in [1.29, 1.82) is 0 Å². The summed E-state index contributed by atoms with van der Waals surface area (Å²) in [5, 5.41) is 9.52. The number of methoxy groups -OCH3 is 1. The van der Waals surface area contributed by atoms with Gasteiger partial charge >= 0.3 is 5.97 Å². The van der Waals surface area contributed by atoms with Crippen molar-refractivity contribution in [1.82, 2.24) is 4.98 Å². The number of ether oxygens (including phenoxy) is 1. The Morgan fingerprint density at radius 3 is 3.05 bits per heavy atom. The molecule has 3 rings (SSSR count). The van der Waals surface area contributed by atoms with E-state index in [9.17, 15) is 4.79 Å². The number of carbonyl (C=O) groups is 1. The molecule has 0 aliphatic heterocycles. The van der Waals surface area contributed by atoms with Gasteiger partial charge in [-0.2, -0.15) is 0 Å². The zero-order chi connectivity index (χ0) is 13.4. The fourth-order valence-corrected chi connectivity index (χ4v) is 3.44. The summed E-state index contributed by atoms with van der Waals surface area (Å²) in [5.41, 5.74) is 3.28. The van der Waals surface area contributed by atoms with Crippen LogP contribution in [0.1, 0.15) is 15.4 Å². The first-order chi connectivity index (χ1) is 9.17. The Morgan fingerprint density at radius 1 is 1.47 bits per heavy atom. The first-order valence-corrected chi connectivity index (χ1v) is 6.86. The number of carboxylic acid groups (broad SMARTS) is 1. The van der Waals surface area contributed by atoms with Crippen LogP contribution in [0, 0.1) is 0 Å². The van der Waals surface area contributed by atoms with E-state index in [0.29, 0.717) is 5.01 Å². The number of rotatable bonds is 3. The maximum atomic E-state index is 10.8. The van der Waals surface area contributed by atoms with Gasteiger partial charge in [-0.1, -0.05) is 0 Å². The first-order valence-electron chi connectivity index (χ1n) is 6.05. The van der Waals surface area contributed by atoms with Gasteiger partial charge in [0.05, 0.1) is 19.2 Å². The highest BCUT2D eigenvalue weighted by atomic mass is 32.1. The highest BCUT2D eigenvalue weighted by Crippen LogP contribution is 2.37. The van der Waals surface area contributed by atoms with Crippen LogP contribution in [0.5, 0.6) is 5.75 Å². The van der Waals surface area contributed by atoms with Crippen LogP contribution >= 0.6 is 11.3 Å². The molecule has 0 bridgehead atoms. The Bertz CT molecular complexity index is 648. The summed E-state index contributed by atoms with van der Waals surface area (Å²) in [4.78, 5) is 16.4. The Labute approximate surface area is 114 Å². The lowest BCUT2D eigenvalue weighted by molar-refractivity contribution is -0.136. The third-order valence-corrected chi connectivity index (χ3v) is 4.35. The average molecular weight is 275 g/mol.